The summed E-state index contributed by atoms with van der Waals surface area (Å²) < 4.78 is 0. The molecule has 1 aromatic rings. The van der Waals surface area contributed by atoms with Gasteiger partial charge in [-0.05, 0) is 49.8 Å². The number of H-pyrrole nitrogens is 1. The number of hydrogen-bond donors (Lipinski definition) is 3. The van der Waals surface area contributed by atoms with E-state index in [0.717, 1.165) is 37.2 Å². The highest BCUT2D eigenvalue weighted by atomic mass is 16.2. The highest BCUT2D eigenvalue weighted by molar-refractivity contribution is 5.95. The second kappa shape index (κ2) is 7.05. The van der Waals surface area contributed by atoms with E-state index < -0.39 is 5.56 Å². The van der Waals surface area contributed by atoms with Crippen LogP contribution in [-0.4, -0.2) is 35.7 Å². The third-order valence-electron chi connectivity index (χ3n) is 4.57. The number of hydrogen-bond acceptors (Lipinski definition) is 4. The van der Waals surface area contributed by atoms with Crippen molar-refractivity contribution in [3.8, 4) is 0 Å². The first-order chi connectivity index (χ1) is 10.5. The Morgan fingerprint density at radius 3 is 2.55 bits per heavy atom. The molecule has 0 spiro atoms. The van der Waals surface area contributed by atoms with Crippen molar-refractivity contribution >= 4 is 5.91 Å². The number of piperidine rings is 1. The van der Waals surface area contributed by atoms with Gasteiger partial charge in [-0.2, -0.15) is 5.10 Å². The largest absolute Gasteiger partial charge is 0.351 e. The number of amides is 1. The van der Waals surface area contributed by atoms with Gasteiger partial charge in [0.25, 0.3) is 11.5 Å². The van der Waals surface area contributed by atoms with Crippen molar-refractivity contribution < 1.29 is 4.79 Å². The van der Waals surface area contributed by atoms with E-state index in [0.29, 0.717) is 19.4 Å². The molecule has 0 bridgehead atoms. The zero-order valence-corrected chi connectivity index (χ0v) is 13.7. The van der Waals surface area contributed by atoms with Crippen molar-refractivity contribution in [3.05, 3.63) is 27.2 Å². The maximum atomic E-state index is 12.5. The molecule has 1 aromatic heterocycles. The summed E-state index contributed by atoms with van der Waals surface area (Å²) in [7, 11) is 0. The lowest BCUT2D eigenvalue weighted by atomic mass is 9.81. The molecule has 122 valence electrons. The fraction of sp³-hybridized carbons (Fsp3) is 0.688. The van der Waals surface area contributed by atoms with Gasteiger partial charge in [0.2, 0.25) is 0 Å². The molecule has 0 saturated carbocycles. The standard InChI is InChI=1S/C16H26N4O2/c1-4-11-12(5-2)19-20-15(22)13(11)14(21)18-10-16(3)6-8-17-9-7-16/h17H,4-10H2,1-3H3,(H,18,21)(H,20,22). The molecule has 1 fully saturated rings. The summed E-state index contributed by atoms with van der Waals surface area (Å²) in [6.45, 7) is 8.64. The number of aromatic amines is 1. The van der Waals surface area contributed by atoms with Crippen molar-refractivity contribution in [1.82, 2.24) is 20.8 Å². The van der Waals surface area contributed by atoms with Crippen LogP contribution in [0.3, 0.4) is 0 Å². The molecular weight excluding hydrogens is 280 g/mol. The number of rotatable bonds is 5. The number of carbonyl (C=O) groups excluding carboxylic acids is 1. The van der Waals surface area contributed by atoms with Crippen LogP contribution in [0.2, 0.25) is 0 Å². The lowest BCUT2D eigenvalue weighted by Gasteiger charge is -2.34. The van der Waals surface area contributed by atoms with Crippen LogP contribution < -0.4 is 16.2 Å². The molecule has 6 nitrogen and oxygen atoms in total. The van der Waals surface area contributed by atoms with Crippen LogP contribution in [0.4, 0.5) is 0 Å². The summed E-state index contributed by atoms with van der Waals surface area (Å²) in [6, 6.07) is 0. The van der Waals surface area contributed by atoms with Gasteiger partial charge in [-0.15, -0.1) is 0 Å². The summed E-state index contributed by atoms with van der Waals surface area (Å²) >= 11 is 0. The molecule has 0 aliphatic carbocycles. The van der Waals surface area contributed by atoms with Crippen LogP contribution in [0.1, 0.15) is 55.2 Å². The van der Waals surface area contributed by atoms with E-state index >= 15 is 0 Å². The third-order valence-corrected chi connectivity index (χ3v) is 4.57. The van der Waals surface area contributed by atoms with Crippen molar-refractivity contribution in [1.29, 1.82) is 0 Å². The van der Waals surface area contributed by atoms with Gasteiger partial charge in [0.1, 0.15) is 5.56 Å². The average molecular weight is 306 g/mol. The molecule has 22 heavy (non-hydrogen) atoms. The Hall–Kier alpha value is -1.69. The lowest BCUT2D eigenvalue weighted by molar-refractivity contribution is 0.0919. The van der Waals surface area contributed by atoms with E-state index in [2.05, 4.69) is 27.8 Å². The van der Waals surface area contributed by atoms with Crippen LogP contribution in [0, 0.1) is 5.41 Å². The molecule has 1 saturated heterocycles. The average Bonchev–Trinajstić information content (AvgIpc) is 2.53. The van der Waals surface area contributed by atoms with Gasteiger partial charge in [-0.3, -0.25) is 9.59 Å². The van der Waals surface area contributed by atoms with E-state index in [-0.39, 0.29) is 16.9 Å². The Bertz CT molecular complexity index is 588. The van der Waals surface area contributed by atoms with Crippen LogP contribution in [0.15, 0.2) is 4.79 Å². The Morgan fingerprint density at radius 1 is 1.27 bits per heavy atom. The first-order valence-corrected chi connectivity index (χ1v) is 8.10. The Morgan fingerprint density at radius 2 is 1.95 bits per heavy atom. The van der Waals surface area contributed by atoms with Crippen molar-refractivity contribution in [2.24, 2.45) is 5.41 Å². The molecule has 0 aromatic carbocycles. The summed E-state index contributed by atoms with van der Waals surface area (Å²) in [5.74, 6) is -0.282. The number of aromatic nitrogens is 2. The lowest BCUT2D eigenvalue weighted by Crippen LogP contribution is -2.44. The minimum Gasteiger partial charge on any atom is -0.351 e. The second-order valence-corrected chi connectivity index (χ2v) is 6.30. The van der Waals surface area contributed by atoms with Gasteiger partial charge >= 0.3 is 0 Å². The summed E-state index contributed by atoms with van der Waals surface area (Å²) in [6.07, 6.45) is 3.38. The summed E-state index contributed by atoms with van der Waals surface area (Å²) in [4.78, 5) is 24.6. The van der Waals surface area contributed by atoms with Crippen LogP contribution in [-0.2, 0) is 12.8 Å². The molecule has 0 unspecified atom stereocenters. The van der Waals surface area contributed by atoms with Crippen LogP contribution >= 0.6 is 0 Å². The zero-order valence-electron chi connectivity index (χ0n) is 13.7. The minimum absolute atomic E-state index is 0.0979. The van der Waals surface area contributed by atoms with E-state index in [9.17, 15) is 9.59 Å². The highest BCUT2D eigenvalue weighted by Crippen LogP contribution is 2.26. The SMILES string of the molecule is CCc1n[nH]c(=O)c(C(=O)NCC2(C)CCNCC2)c1CC. The Balaban J connectivity index is 2.17. The smallest absolute Gasteiger partial charge is 0.277 e. The summed E-state index contributed by atoms with van der Waals surface area (Å²) in [5, 5.41) is 12.8. The third kappa shape index (κ3) is 3.55. The molecule has 0 atom stereocenters. The van der Waals surface area contributed by atoms with Crippen LogP contribution in [0.5, 0.6) is 0 Å². The van der Waals surface area contributed by atoms with Gasteiger partial charge in [-0.1, -0.05) is 20.8 Å². The fourth-order valence-electron chi connectivity index (χ4n) is 3.03. The molecule has 1 aliphatic rings. The number of carbonyl (C=O) groups is 1. The molecule has 0 radical (unpaired) electrons. The van der Waals surface area contributed by atoms with E-state index in [1.54, 1.807) is 0 Å². The van der Waals surface area contributed by atoms with E-state index in [1.807, 2.05) is 13.8 Å². The van der Waals surface area contributed by atoms with Crippen LogP contribution in [0.25, 0.3) is 0 Å². The maximum absolute atomic E-state index is 12.5. The number of aryl methyl sites for hydroxylation is 1. The first kappa shape index (κ1) is 16.7. The second-order valence-electron chi connectivity index (χ2n) is 6.30. The predicted octanol–water partition coefficient (Wildman–Crippen LogP) is 1.01. The predicted molar refractivity (Wildman–Crippen MR) is 86.2 cm³/mol. The van der Waals surface area contributed by atoms with Gasteiger partial charge in [0.05, 0.1) is 5.69 Å². The molecule has 3 N–H and O–H groups in total. The van der Waals surface area contributed by atoms with Gasteiger partial charge in [0, 0.05) is 6.54 Å². The van der Waals surface area contributed by atoms with Crippen molar-refractivity contribution in [3.63, 3.8) is 0 Å². The molecule has 1 amide bonds. The van der Waals surface area contributed by atoms with Crippen molar-refractivity contribution in [2.45, 2.75) is 46.5 Å². The first-order valence-electron chi connectivity index (χ1n) is 8.10. The maximum Gasteiger partial charge on any atom is 0.277 e. The quantitative estimate of drug-likeness (QED) is 0.758. The van der Waals surface area contributed by atoms with E-state index in [4.69, 9.17) is 0 Å². The van der Waals surface area contributed by atoms with Gasteiger partial charge in [-0.25, -0.2) is 5.10 Å². The molecule has 6 heteroatoms. The molecule has 2 heterocycles. The van der Waals surface area contributed by atoms with E-state index in [1.165, 1.54) is 0 Å². The normalized spacial score (nSPS) is 17.2. The fourth-order valence-corrected chi connectivity index (χ4v) is 3.03. The summed E-state index contributed by atoms with van der Waals surface area (Å²) in [5.41, 5.74) is 1.48. The minimum atomic E-state index is -0.401. The molecule has 2 rings (SSSR count). The van der Waals surface area contributed by atoms with Gasteiger partial charge in [0.15, 0.2) is 0 Å². The highest BCUT2D eigenvalue weighted by Gasteiger charge is 2.28. The Kier molecular flexibility index (Phi) is 5.34. The Labute approximate surface area is 131 Å². The molecule has 1 aliphatic heterocycles. The topological polar surface area (TPSA) is 86.9 Å². The van der Waals surface area contributed by atoms with Gasteiger partial charge < -0.3 is 10.6 Å². The molecular formula is C16H26N4O2. The zero-order chi connectivity index (χ0) is 16.2. The number of nitrogens with one attached hydrogen (secondary N) is 3. The number of nitrogens with zero attached hydrogens (tertiary/aromatic N) is 1. The van der Waals surface area contributed by atoms with Crippen molar-refractivity contribution in [2.75, 3.05) is 19.6 Å². The monoisotopic (exact) mass is 306 g/mol.